The Labute approximate surface area is 117 Å². The lowest BCUT2D eigenvalue weighted by Crippen LogP contribution is -2.34. The molecule has 0 amide bonds. The summed E-state index contributed by atoms with van der Waals surface area (Å²) < 4.78 is 1.99. The average Bonchev–Trinajstić information content (AvgIpc) is 2.74. The number of fused-ring (bicyclic) bond motifs is 1. The lowest BCUT2D eigenvalue weighted by atomic mass is 10.1. The van der Waals surface area contributed by atoms with Crippen molar-refractivity contribution in [3.8, 4) is 0 Å². The van der Waals surface area contributed by atoms with E-state index in [0.717, 1.165) is 31.4 Å². The summed E-state index contributed by atoms with van der Waals surface area (Å²) in [5, 5.41) is 7.73. The standard InChI is InChI=1S/C13H19N7/c1-19-6-2-3-8(7-19)20-10-9(11(14)15)4-5-17-12(10)18-13(20)16/h4-5,8H,2-3,6-7H2,1H3,(H3,14,15)(H2,16,17,18). The van der Waals surface area contributed by atoms with E-state index >= 15 is 0 Å². The molecule has 1 unspecified atom stereocenters. The summed E-state index contributed by atoms with van der Waals surface area (Å²) in [6, 6.07) is 2.00. The first-order chi connectivity index (χ1) is 9.58. The quantitative estimate of drug-likeness (QED) is 0.547. The number of piperidine rings is 1. The van der Waals surface area contributed by atoms with Gasteiger partial charge in [-0.15, -0.1) is 0 Å². The molecule has 1 atom stereocenters. The maximum absolute atomic E-state index is 7.73. The molecule has 0 spiro atoms. The Morgan fingerprint density at radius 3 is 3.00 bits per heavy atom. The first-order valence-electron chi connectivity index (χ1n) is 6.73. The molecule has 3 rings (SSSR count). The first kappa shape index (κ1) is 12.9. The zero-order valence-corrected chi connectivity index (χ0v) is 11.5. The number of likely N-dealkylation sites (N-methyl/N-ethyl adjacent to an activating group) is 1. The topological polar surface area (TPSA) is 110 Å². The van der Waals surface area contributed by atoms with Crippen molar-refractivity contribution in [1.29, 1.82) is 5.41 Å². The third-order valence-electron chi connectivity index (χ3n) is 3.87. The van der Waals surface area contributed by atoms with Gasteiger partial charge >= 0.3 is 0 Å². The molecule has 7 heteroatoms. The number of amidine groups is 1. The second-order valence-electron chi connectivity index (χ2n) is 5.34. The van der Waals surface area contributed by atoms with Crippen LogP contribution < -0.4 is 11.5 Å². The summed E-state index contributed by atoms with van der Waals surface area (Å²) >= 11 is 0. The van der Waals surface area contributed by atoms with Crippen LogP contribution in [0.2, 0.25) is 0 Å². The van der Waals surface area contributed by atoms with Gasteiger partial charge in [0, 0.05) is 24.3 Å². The molecule has 2 aromatic rings. The highest BCUT2D eigenvalue weighted by Crippen LogP contribution is 2.29. The Morgan fingerprint density at radius 1 is 1.50 bits per heavy atom. The van der Waals surface area contributed by atoms with E-state index in [-0.39, 0.29) is 11.9 Å². The molecule has 20 heavy (non-hydrogen) atoms. The van der Waals surface area contributed by atoms with Gasteiger partial charge in [0.15, 0.2) is 5.65 Å². The van der Waals surface area contributed by atoms with Crippen LogP contribution in [0.3, 0.4) is 0 Å². The molecule has 5 N–H and O–H groups in total. The number of pyridine rings is 1. The fourth-order valence-electron chi connectivity index (χ4n) is 2.98. The minimum absolute atomic E-state index is 0.0164. The summed E-state index contributed by atoms with van der Waals surface area (Å²) in [5.41, 5.74) is 13.7. The van der Waals surface area contributed by atoms with E-state index in [1.54, 1.807) is 12.3 Å². The molecule has 0 aromatic carbocycles. The van der Waals surface area contributed by atoms with Crippen LogP contribution in [-0.2, 0) is 0 Å². The molecule has 1 saturated heterocycles. The number of hydrogen-bond donors (Lipinski definition) is 3. The Bertz CT molecular complexity index is 660. The number of likely N-dealkylation sites (tertiary alicyclic amines) is 1. The molecular formula is C13H19N7. The van der Waals surface area contributed by atoms with Crippen molar-refractivity contribution in [1.82, 2.24) is 19.4 Å². The van der Waals surface area contributed by atoms with Crippen LogP contribution in [0.4, 0.5) is 5.95 Å². The number of nitrogen functional groups attached to an aromatic ring is 2. The normalized spacial score (nSPS) is 20.4. The average molecular weight is 273 g/mol. The lowest BCUT2D eigenvalue weighted by Gasteiger charge is -2.31. The van der Waals surface area contributed by atoms with Crippen LogP contribution in [0.25, 0.3) is 11.2 Å². The fraction of sp³-hybridized carbons (Fsp3) is 0.462. The molecule has 1 aliphatic rings. The fourth-order valence-corrected chi connectivity index (χ4v) is 2.98. The van der Waals surface area contributed by atoms with E-state index in [0.29, 0.717) is 17.2 Å². The van der Waals surface area contributed by atoms with E-state index < -0.39 is 0 Å². The molecule has 0 radical (unpaired) electrons. The van der Waals surface area contributed by atoms with Gasteiger partial charge in [-0.2, -0.15) is 4.98 Å². The largest absolute Gasteiger partial charge is 0.384 e. The minimum atomic E-state index is 0.0164. The third kappa shape index (κ3) is 2.00. The predicted molar refractivity (Wildman–Crippen MR) is 78.7 cm³/mol. The molecular weight excluding hydrogens is 254 g/mol. The number of rotatable bonds is 2. The van der Waals surface area contributed by atoms with Gasteiger partial charge in [-0.05, 0) is 32.5 Å². The van der Waals surface area contributed by atoms with Crippen LogP contribution in [0.5, 0.6) is 0 Å². The van der Waals surface area contributed by atoms with Crippen LogP contribution in [0, 0.1) is 5.41 Å². The molecule has 1 fully saturated rings. The van der Waals surface area contributed by atoms with Crippen molar-refractivity contribution in [2.24, 2.45) is 5.73 Å². The van der Waals surface area contributed by atoms with E-state index in [1.165, 1.54) is 0 Å². The number of nitrogens with two attached hydrogens (primary N) is 2. The molecule has 2 aromatic heterocycles. The first-order valence-corrected chi connectivity index (χ1v) is 6.73. The van der Waals surface area contributed by atoms with Gasteiger partial charge < -0.3 is 20.9 Å². The number of aromatic nitrogens is 3. The summed E-state index contributed by atoms with van der Waals surface area (Å²) in [6.45, 7) is 2.02. The molecule has 106 valence electrons. The molecule has 7 nitrogen and oxygen atoms in total. The second kappa shape index (κ2) is 4.75. The SMILES string of the molecule is CN1CCCC(n2c(N)nc3nccc(C(=N)N)c32)C1. The van der Waals surface area contributed by atoms with Gasteiger partial charge in [0.1, 0.15) is 11.4 Å². The van der Waals surface area contributed by atoms with Crippen LogP contribution in [0.15, 0.2) is 12.3 Å². The van der Waals surface area contributed by atoms with Crippen LogP contribution >= 0.6 is 0 Å². The van der Waals surface area contributed by atoms with Crippen LogP contribution in [0.1, 0.15) is 24.4 Å². The number of hydrogen-bond acceptors (Lipinski definition) is 5. The maximum Gasteiger partial charge on any atom is 0.203 e. The van der Waals surface area contributed by atoms with Crippen LogP contribution in [-0.4, -0.2) is 45.4 Å². The number of imidazole rings is 1. The van der Waals surface area contributed by atoms with Crippen molar-refractivity contribution >= 4 is 22.9 Å². The van der Waals surface area contributed by atoms with E-state index in [9.17, 15) is 0 Å². The van der Waals surface area contributed by atoms with Crippen molar-refractivity contribution in [3.05, 3.63) is 17.8 Å². The molecule has 0 bridgehead atoms. The Hall–Kier alpha value is -2.15. The van der Waals surface area contributed by atoms with E-state index in [1.807, 2.05) is 4.57 Å². The third-order valence-corrected chi connectivity index (χ3v) is 3.87. The van der Waals surface area contributed by atoms with Gasteiger partial charge in [-0.1, -0.05) is 0 Å². The smallest absolute Gasteiger partial charge is 0.203 e. The van der Waals surface area contributed by atoms with E-state index in [4.69, 9.17) is 16.9 Å². The number of anilines is 1. The lowest BCUT2D eigenvalue weighted by molar-refractivity contribution is 0.216. The van der Waals surface area contributed by atoms with E-state index in [2.05, 4.69) is 21.9 Å². The zero-order valence-electron chi connectivity index (χ0n) is 11.5. The number of nitrogens with one attached hydrogen (secondary N) is 1. The van der Waals surface area contributed by atoms with Crippen molar-refractivity contribution in [3.63, 3.8) is 0 Å². The highest BCUT2D eigenvalue weighted by Gasteiger charge is 2.24. The van der Waals surface area contributed by atoms with Gasteiger partial charge in [0.25, 0.3) is 0 Å². The van der Waals surface area contributed by atoms with Crippen molar-refractivity contribution in [2.45, 2.75) is 18.9 Å². The number of nitrogens with zero attached hydrogens (tertiary/aromatic N) is 4. The molecule has 0 saturated carbocycles. The summed E-state index contributed by atoms with van der Waals surface area (Å²) in [4.78, 5) is 10.8. The molecule has 1 aliphatic heterocycles. The summed E-state index contributed by atoms with van der Waals surface area (Å²) in [6.07, 6.45) is 3.78. The van der Waals surface area contributed by atoms with Crippen molar-refractivity contribution in [2.75, 3.05) is 25.9 Å². The van der Waals surface area contributed by atoms with Gasteiger partial charge in [-0.3, -0.25) is 5.41 Å². The monoisotopic (exact) mass is 273 g/mol. The highest BCUT2D eigenvalue weighted by molar-refractivity contribution is 6.05. The Kier molecular flexibility index (Phi) is 3.06. The summed E-state index contributed by atoms with van der Waals surface area (Å²) in [7, 11) is 2.10. The molecule has 0 aliphatic carbocycles. The van der Waals surface area contributed by atoms with Gasteiger partial charge in [0.2, 0.25) is 5.95 Å². The predicted octanol–water partition coefficient (Wildman–Crippen LogP) is 0.564. The van der Waals surface area contributed by atoms with Gasteiger partial charge in [-0.25, -0.2) is 4.98 Å². The van der Waals surface area contributed by atoms with Crippen molar-refractivity contribution < 1.29 is 0 Å². The second-order valence-corrected chi connectivity index (χ2v) is 5.34. The highest BCUT2D eigenvalue weighted by atomic mass is 15.2. The van der Waals surface area contributed by atoms with Gasteiger partial charge in [0.05, 0.1) is 0 Å². The maximum atomic E-state index is 7.73. The zero-order chi connectivity index (χ0) is 14.3. The Balaban J connectivity index is 2.18. The molecule has 3 heterocycles. The summed E-state index contributed by atoms with van der Waals surface area (Å²) in [5.74, 6) is 0.462. The Morgan fingerprint density at radius 2 is 2.30 bits per heavy atom. The minimum Gasteiger partial charge on any atom is -0.384 e.